The molecule has 5 rings (SSSR count). The second kappa shape index (κ2) is 11.0. The monoisotopic (exact) mass is 497 g/mol. The van der Waals surface area contributed by atoms with Gasteiger partial charge in [0, 0.05) is 30.1 Å². The Bertz CT molecular complexity index is 1280. The highest BCUT2D eigenvalue weighted by Gasteiger charge is 2.28. The molecule has 7 nitrogen and oxygen atoms in total. The highest BCUT2D eigenvalue weighted by atomic mass is 16.5. The maximum absolute atomic E-state index is 13.0. The van der Waals surface area contributed by atoms with Gasteiger partial charge in [0.1, 0.15) is 6.10 Å². The lowest BCUT2D eigenvalue weighted by atomic mass is 9.93. The molecule has 3 aromatic rings. The van der Waals surface area contributed by atoms with Gasteiger partial charge in [-0.1, -0.05) is 42.5 Å². The number of primary amides is 1. The van der Waals surface area contributed by atoms with E-state index in [1.165, 1.54) is 5.56 Å². The summed E-state index contributed by atoms with van der Waals surface area (Å²) in [6.07, 6.45) is 2.73. The zero-order valence-electron chi connectivity index (χ0n) is 20.7. The van der Waals surface area contributed by atoms with Gasteiger partial charge in [0.05, 0.1) is 5.56 Å². The fourth-order valence-corrected chi connectivity index (χ4v) is 5.08. The van der Waals surface area contributed by atoms with E-state index in [-0.39, 0.29) is 29.8 Å². The number of rotatable bonds is 7. The molecule has 0 spiro atoms. The molecule has 0 aromatic heterocycles. The Hall–Kier alpha value is -3.97. The number of piperidine rings is 1. The number of cyclic esters (lactones) is 1. The fourth-order valence-electron chi connectivity index (χ4n) is 5.08. The van der Waals surface area contributed by atoms with Crippen molar-refractivity contribution in [3.63, 3.8) is 0 Å². The first-order chi connectivity index (χ1) is 18.0. The fraction of sp³-hybridized carbons (Fsp3) is 0.300. The Balaban J connectivity index is 1.17. The molecule has 2 aliphatic heterocycles. The van der Waals surface area contributed by atoms with Crippen LogP contribution in [0.1, 0.15) is 56.4 Å². The summed E-state index contributed by atoms with van der Waals surface area (Å²) in [5, 5.41) is 2.96. The molecule has 1 unspecified atom stereocenters. The first-order valence-corrected chi connectivity index (χ1v) is 12.8. The molecule has 2 heterocycles. The Labute approximate surface area is 216 Å². The third-order valence-corrected chi connectivity index (χ3v) is 7.33. The van der Waals surface area contributed by atoms with Crippen molar-refractivity contribution in [1.82, 2.24) is 4.90 Å². The molecule has 3 aromatic carbocycles. The Kier molecular flexibility index (Phi) is 7.32. The number of hydrogen-bond acceptors (Lipinski definition) is 5. The van der Waals surface area contributed by atoms with E-state index in [0.717, 1.165) is 55.7 Å². The largest absolute Gasteiger partial charge is 0.454 e. The van der Waals surface area contributed by atoms with Crippen molar-refractivity contribution in [3.8, 4) is 0 Å². The van der Waals surface area contributed by atoms with Crippen molar-refractivity contribution in [3.05, 3.63) is 101 Å². The van der Waals surface area contributed by atoms with Crippen LogP contribution < -0.4 is 11.1 Å². The lowest BCUT2D eigenvalue weighted by Gasteiger charge is -2.30. The van der Waals surface area contributed by atoms with Gasteiger partial charge in [-0.15, -0.1) is 0 Å². The first-order valence-electron chi connectivity index (χ1n) is 12.8. The highest BCUT2D eigenvalue weighted by molar-refractivity contribution is 6.05. The topological polar surface area (TPSA) is 102 Å². The summed E-state index contributed by atoms with van der Waals surface area (Å²) in [5.41, 5.74) is 10.1. The summed E-state index contributed by atoms with van der Waals surface area (Å²) in [5.74, 6) is -0.766. The molecule has 1 saturated heterocycles. The van der Waals surface area contributed by atoms with Gasteiger partial charge in [0.25, 0.3) is 5.91 Å². The SMILES string of the molecule is NC(=O)C1CCN(CCc2ccc(NC(=O)c3ccc4c(c3)CC(c3ccccc3)OC4=O)cc2)CC1. The number of anilines is 1. The van der Waals surface area contributed by atoms with Gasteiger partial charge in [-0.2, -0.15) is 0 Å². The van der Waals surface area contributed by atoms with Crippen molar-refractivity contribution < 1.29 is 19.1 Å². The number of fused-ring (bicyclic) bond motifs is 1. The van der Waals surface area contributed by atoms with E-state index in [4.69, 9.17) is 10.5 Å². The highest BCUT2D eigenvalue weighted by Crippen LogP contribution is 2.31. The van der Waals surface area contributed by atoms with Crippen LogP contribution in [-0.2, 0) is 22.4 Å². The third-order valence-electron chi connectivity index (χ3n) is 7.33. The summed E-state index contributed by atoms with van der Waals surface area (Å²) in [4.78, 5) is 39.2. The average Bonchev–Trinajstić information content (AvgIpc) is 2.93. The van der Waals surface area contributed by atoms with E-state index in [1.807, 2.05) is 54.6 Å². The molecule has 0 aliphatic carbocycles. The number of benzene rings is 3. The number of carbonyl (C=O) groups excluding carboxylic acids is 3. The third kappa shape index (κ3) is 5.89. The Morgan fingerprint density at radius 2 is 1.70 bits per heavy atom. The maximum atomic E-state index is 13.0. The summed E-state index contributed by atoms with van der Waals surface area (Å²) in [7, 11) is 0. The number of nitrogens with two attached hydrogens (primary N) is 1. The van der Waals surface area contributed by atoms with E-state index in [0.29, 0.717) is 17.5 Å². The van der Waals surface area contributed by atoms with Gasteiger partial charge in [0.2, 0.25) is 5.91 Å². The lowest BCUT2D eigenvalue weighted by molar-refractivity contribution is -0.123. The zero-order valence-corrected chi connectivity index (χ0v) is 20.7. The van der Waals surface area contributed by atoms with Gasteiger partial charge < -0.3 is 20.7 Å². The number of carbonyl (C=O) groups is 3. The van der Waals surface area contributed by atoms with Crippen LogP contribution in [0.5, 0.6) is 0 Å². The first kappa shape index (κ1) is 24.7. The number of ether oxygens (including phenoxy) is 1. The Morgan fingerprint density at radius 3 is 2.41 bits per heavy atom. The molecular formula is C30H31N3O4. The van der Waals surface area contributed by atoms with Crippen LogP contribution in [0, 0.1) is 5.92 Å². The second-order valence-corrected chi connectivity index (χ2v) is 9.80. The van der Waals surface area contributed by atoms with Gasteiger partial charge in [-0.3, -0.25) is 9.59 Å². The number of nitrogens with zero attached hydrogens (tertiary/aromatic N) is 1. The summed E-state index contributed by atoms with van der Waals surface area (Å²) in [6, 6.07) is 22.6. The van der Waals surface area contributed by atoms with E-state index in [9.17, 15) is 14.4 Å². The van der Waals surface area contributed by atoms with E-state index in [2.05, 4.69) is 10.2 Å². The van der Waals surface area contributed by atoms with Crippen molar-refractivity contribution in [2.24, 2.45) is 11.7 Å². The molecular weight excluding hydrogens is 466 g/mol. The second-order valence-electron chi connectivity index (χ2n) is 9.80. The minimum Gasteiger partial charge on any atom is -0.454 e. The van der Waals surface area contributed by atoms with Crippen LogP contribution in [-0.4, -0.2) is 42.3 Å². The maximum Gasteiger partial charge on any atom is 0.339 e. The standard InChI is InChI=1S/C30H31N3O4/c31-28(34)22-13-16-33(17-14-22)15-12-20-6-9-25(10-7-20)32-29(35)23-8-11-26-24(18-23)19-27(37-30(26)36)21-4-2-1-3-5-21/h1-11,18,22,27H,12-17,19H2,(H2,31,34)(H,32,35). The molecule has 0 saturated carbocycles. The molecule has 1 fully saturated rings. The average molecular weight is 498 g/mol. The number of esters is 1. The van der Waals surface area contributed by atoms with Crippen LogP contribution in [0.3, 0.4) is 0 Å². The molecule has 2 aliphatic rings. The van der Waals surface area contributed by atoms with Crippen LogP contribution in [0.2, 0.25) is 0 Å². The molecule has 190 valence electrons. The van der Waals surface area contributed by atoms with Crippen molar-refractivity contribution in [2.75, 3.05) is 25.0 Å². The number of amides is 2. The lowest BCUT2D eigenvalue weighted by Crippen LogP contribution is -2.39. The van der Waals surface area contributed by atoms with Gasteiger partial charge in [0.15, 0.2) is 0 Å². The summed E-state index contributed by atoms with van der Waals surface area (Å²) < 4.78 is 5.62. The molecule has 1 atom stereocenters. The predicted octanol–water partition coefficient (Wildman–Crippen LogP) is 4.13. The molecule has 2 amide bonds. The van der Waals surface area contributed by atoms with Crippen LogP contribution in [0.25, 0.3) is 0 Å². The molecule has 37 heavy (non-hydrogen) atoms. The van der Waals surface area contributed by atoms with Crippen molar-refractivity contribution in [1.29, 1.82) is 0 Å². The zero-order chi connectivity index (χ0) is 25.8. The van der Waals surface area contributed by atoms with Gasteiger partial charge in [-0.25, -0.2) is 4.79 Å². The minimum atomic E-state index is -0.366. The number of likely N-dealkylation sites (tertiary alicyclic amines) is 1. The van der Waals surface area contributed by atoms with Crippen molar-refractivity contribution >= 4 is 23.5 Å². The smallest absolute Gasteiger partial charge is 0.339 e. The molecule has 0 bridgehead atoms. The normalized spacial score (nSPS) is 18.1. The minimum absolute atomic E-state index is 0.00775. The van der Waals surface area contributed by atoms with Gasteiger partial charge >= 0.3 is 5.97 Å². The quantitative estimate of drug-likeness (QED) is 0.478. The van der Waals surface area contributed by atoms with Crippen LogP contribution in [0.15, 0.2) is 72.8 Å². The molecule has 3 N–H and O–H groups in total. The van der Waals surface area contributed by atoms with E-state index in [1.54, 1.807) is 18.2 Å². The Morgan fingerprint density at radius 1 is 0.973 bits per heavy atom. The van der Waals surface area contributed by atoms with Crippen LogP contribution in [0.4, 0.5) is 5.69 Å². The summed E-state index contributed by atoms with van der Waals surface area (Å²) >= 11 is 0. The summed E-state index contributed by atoms with van der Waals surface area (Å²) in [6.45, 7) is 2.72. The molecule has 7 heteroatoms. The molecule has 0 radical (unpaired) electrons. The number of hydrogen-bond donors (Lipinski definition) is 2. The van der Waals surface area contributed by atoms with E-state index >= 15 is 0 Å². The number of nitrogens with one attached hydrogen (secondary N) is 1. The predicted molar refractivity (Wildman–Crippen MR) is 141 cm³/mol. The van der Waals surface area contributed by atoms with E-state index < -0.39 is 0 Å². The van der Waals surface area contributed by atoms with Gasteiger partial charge in [-0.05, 0) is 79.4 Å². The van der Waals surface area contributed by atoms with Crippen LogP contribution >= 0.6 is 0 Å². The van der Waals surface area contributed by atoms with Crippen molar-refractivity contribution in [2.45, 2.75) is 31.8 Å².